The van der Waals surface area contributed by atoms with Crippen molar-refractivity contribution in [2.45, 2.75) is 19.3 Å². The number of fused-ring (bicyclic) bond motifs is 1. The maximum absolute atomic E-state index is 5.57. The van der Waals surface area contributed by atoms with Crippen molar-refractivity contribution >= 4 is 22.7 Å². The Kier molecular flexibility index (Phi) is 2.98. The second-order valence-electron chi connectivity index (χ2n) is 4.58. The third-order valence-electron chi connectivity index (χ3n) is 3.34. The largest absolute Gasteiger partial charge is 0.353 e. The lowest BCUT2D eigenvalue weighted by molar-refractivity contribution is 0.574. The Labute approximate surface area is 106 Å². The SMILES string of the molecule is NNc1nc2ccccc2nc1N1CCCCC1. The lowest BCUT2D eigenvalue weighted by atomic mass is 10.1. The third-order valence-corrected chi connectivity index (χ3v) is 3.34. The number of hydrazine groups is 1. The molecule has 0 saturated carbocycles. The minimum absolute atomic E-state index is 0.663. The summed E-state index contributed by atoms with van der Waals surface area (Å²) in [4.78, 5) is 11.5. The van der Waals surface area contributed by atoms with E-state index in [1.165, 1.54) is 19.3 Å². The molecule has 3 rings (SSSR count). The summed E-state index contributed by atoms with van der Waals surface area (Å²) < 4.78 is 0. The van der Waals surface area contributed by atoms with Crippen LogP contribution in [0.1, 0.15) is 19.3 Å². The summed E-state index contributed by atoms with van der Waals surface area (Å²) in [5.41, 5.74) is 4.45. The fourth-order valence-electron chi connectivity index (χ4n) is 2.41. The highest BCUT2D eigenvalue weighted by molar-refractivity contribution is 5.80. The van der Waals surface area contributed by atoms with Gasteiger partial charge in [0.05, 0.1) is 11.0 Å². The highest BCUT2D eigenvalue weighted by Gasteiger charge is 2.17. The molecule has 5 nitrogen and oxygen atoms in total. The van der Waals surface area contributed by atoms with Crippen molar-refractivity contribution in [2.24, 2.45) is 5.84 Å². The van der Waals surface area contributed by atoms with Gasteiger partial charge >= 0.3 is 0 Å². The van der Waals surface area contributed by atoms with Crippen LogP contribution in [-0.2, 0) is 0 Å². The number of aromatic nitrogens is 2. The molecule has 0 bridgehead atoms. The normalized spacial score (nSPS) is 15.9. The molecule has 3 N–H and O–H groups in total. The van der Waals surface area contributed by atoms with Crippen molar-refractivity contribution in [1.29, 1.82) is 0 Å². The Morgan fingerprint density at radius 2 is 1.67 bits per heavy atom. The Hall–Kier alpha value is -1.88. The van der Waals surface area contributed by atoms with Gasteiger partial charge in [0.1, 0.15) is 0 Å². The molecule has 18 heavy (non-hydrogen) atoms. The van der Waals surface area contributed by atoms with Gasteiger partial charge in [-0.2, -0.15) is 0 Å². The number of para-hydroxylation sites is 2. The van der Waals surface area contributed by atoms with E-state index in [2.05, 4.69) is 15.3 Å². The van der Waals surface area contributed by atoms with Gasteiger partial charge in [-0.15, -0.1) is 0 Å². The van der Waals surface area contributed by atoms with Crippen molar-refractivity contribution < 1.29 is 0 Å². The summed E-state index contributed by atoms with van der Waals surface area (Å²) >= 11 is 0. The zero-order valence-electron chi connectivity index (χ0n) is 10.3. The van der Waals surface area contributed by atoms with Crippen molar-refractivity contribution in [3.05, 3.63) is 24.3 Å². The molecule has 2 heterocycles. The standard InChI is InChI=1S/C13H17N5/c14-17-12-13(18-8-4-1-5-9-18)16-11-7-3-2-6-10(11)15-12/h2-3,6-7H,1,4-5,8-9,14H2,(H,15,17). The summed E-state index contributed by atoms with van der Waals surface area (Å²) in [5, 5.41) is 0. The third kappa shape index (κ3) is 1.97. The fourth-order valence-corrected chi connectivity index (χ4v) is 2.41. The van der Waals surface area contributed by atoms with Gasteiger partial charge in [-0.25, -0.2) is 15.8 Å². The van der Waals surface area contributed by atoms with Crippen LogP contribution in [0.5, 0.6) is 0 Å². The predicted octanol–water partition coefficient (Wildman–Crippen LogP) is 1.91. The van der Waals surface area contributed by atoms with E-state index < -0.39 is 0 Å². The summed E-state index contributed by atoms with van der Waals surface area (Å²) in [6.07, 6.45) is 3.71. The molecule has 0 atom stereocenters. The first-order valence-corrected chi connectivity index (χ1v) is 6.37. The number of nitrogen functional groups attached to an aromatic ring is 1. The monoisotopic (exact) mass is 243 g/mol. The molecule has 1 aromatic carbocycles. The van der Waals surface area contributed by atoms with Crippen molar-refractivity contribution in [3.8, 4) is 0 Å². The molecule has 1 saturated heterocycles. The lowest BCUT2D eigenvalue weighted by Crippen LogP contribution is -2.31. The summed E-state index contributed by atoms with van der Waals surface area (Å²) in [6.45, 7) is 2.06. The second-order valence-corrected chi connectivity index (χ2v) is 4.58. The highest BCUT2D eigenvalue weighted by atomic mass is 15.3. The van der Waals surface area contributed by atoms with E-state index in [0.717, 1.165) is 29.9 Å². The lowest BCUT2D eigenvalue weighted by Gasteiger charge is -2.28. The maximum Gasteiger partial charge on any atom is 0.184 e. The summed E-state index contributed by atoms with van der Waals surface area (Å²) in [5.74, 6) is 7.10. The van der Waals surface area contributed by atoms with Crippen LogP contribution in [0.3, 0.4) is 0 Å². The van der Waals surface area contributed by atoms with Gasteiger partial charge in [-0.05, 0) is 31.4 Å². The summed E-state index contributed by atoms with van der Waals surface area (Å²) in [6, 6.07) is 7.86. The number of rotatable bonds is 2. The predicted molar refractivity (Wildman–Crippen MR) is 73.4 cm³/mol. The number of nitrogens with two attached hydrogens (primary N) is 1. The molecular formula is C13H17N5. The van der Waals surface area contributed by atoms with Gasteiger partial charge in [0.2, 0.25) is 0 Å². The van der Waals surface area contributed by atoms with E-state index in [4.69, 9.17) is 10.8 Å². The van der Waals surface area contributed by atoms with E-state index in [-0.39, 0.29) is 0 Å². The number of anilines is 2. The van der Waals surface area contributed by atoms with Crippen molar-refractivity contribution in [1.82, 2.24) is 9.97 Å². The Balaban J connectivity index is 2.08. The van der Waals surface area contributed by atoms with E-state index in [1.54, 1.807) is 0 Å². The highest BCUT2D eigenvalue weighted by Crippen LogP contribution is 2.26. The minimum Gasteiger partial charge on any atom is -0.353 e. The van der Waals surface area contributed by atoms with Crippen molar-refractivity contribution in [3.63, 3.8) is 0 Å². The number of piperidine rings is 1. The molecule has 1 aliphatic heterocycles. The molecule has 1 fully saturated rings. The maximum atomic E-state index is 5.57. The first-order chi connectivity index (χ1) is 8.88. The molecule has 2 aromatic rings. The van der Waals surface area contributed by atoms with Crippen LogP contribution in [0.15, 0.2) is 24.3 Å². The first kappa shape index (κ1) is 11.2. The quantitative estimate of drug-likeness (QED) is 0.623. The van der Waals surface area contributed by atoms with Gasteiger partial charge in [0.25, 0.3) is 0 Å². The number of hydrogen-bond donors (Lipinski definition) is 2. The smallest absolute Gasteiger partial charge is 0.184 e. The minimum atomic E-state index is 0.663. The van der Waals surface area contributed by atoms with Crippen LogP contribution in [0.25, 0.3) is 11.0 Å². The molecule has 94 valence electrons. The zero-order valence-corrected chi connectivity index (χ0v) is 10.3. The molecule has 0 spiro atoms. The molecule has 0 amide bonds. The number of benzene rings is 1. The number of nitrogens with one attached hydrogen (secondary N) is 1. The molecule has 1 aliphatic rings. The van der Waals surface area contributed by atoms with E-state index in [0.29, 0.717) is 5.82 Å². The van der Waals surface area contributed by atoms with Crippen LogP contribution in [0, 0.1) is 0 Å². The van der Waals surface area contributed by atoms with Gasteiger partial charge in [0.15, 0.2) is 11.6 Å². The van der Waals surface area contributed by atoms with Crippen LogP contribution in [-0.4, -0.2) is 23.1 Å². The fraction of sp³-hybridized carbons (Fsp3) is 0.385. The Morgan fingerprint density at radius 1 is 1.00 bits per heavy atom. The van der Waals surface area contributed by atoms with Gasteiger partial charge < -0.3 is 10.3 Å². The van der Waals surface area contributed by atoms with Crippen LogP contribution in [0.4, 0.5) is 11.6 Å². The molecule has 0 radical (unpaired) electrons. The van der Waals surface area contributed by atoms with Gasteiger partial charge in [-0.1, -0.05) is 12.1 Å². The van der Waals surface area contributed by atoms with Crippen LogP contribution >= 0.6 is 0 Å². The van der Waals surface area contributed by atoms with Gasteiger partial charge in [0, 0.05) is 13.1 Å². The van der Waals surface area contributed by atoms with E-state index >= 15 is 0 Å². The average molecular weight is 243 g/mol. The summed E-state index contributed by atoms with van der Waals surface area (Å²) in [7, 11) is 0. The first-order valence-electron chi connectivity index (χ1n) is 6.37. The number of nitrogens with zero attached hydrogens (tertiary/aromatic N) is 3. The molecular weight excluding hydrogens is 226 g/mol. The topological polar surface area (TPSA) is 67.1 Å². The Bertz CT molecular complexity index is 548. The molecule has 1 aromatic heterocycles. The molecule has 0 aliphatic carbocycles. The van der Waals surface area contributed by atoms with Crippen LogP contribution in [0.2, 0.25) is 0 Å². The number of hydrogen-bond acceptors (Lipinski definition) is 5. The molecule has 0 unspecified atom stereocenters. The van der Waals surface area contributed by atoms with E-state index in [9.17, 15) is 0 Å². The molecule has 5 heteroatoms. The Morgan fingerprint density at radius 3 is 2.33 bits per heavy atom. The van der Waals surface area contributed by atoms with E-state index in [1.807, 2.05) is 24.3 Å². The van der Waals surface area contributed by atoms with Gasteiger partial charge in [-0.3, -0.25) is 0 Å². The average Bonchev–Trinajstić information content (AvgIpc) is 2.46. The zero-order chi connectivity index (χ0) is 12.4. The van der Waals surface area contributed by atoms with Crippen molar-refractivity contribution in [2.75, 3.05) is 23.4 Å². The second kappa shape index (κ2) is 4.78. The van der Waals surface area contributed by atoms with Crippen LogP contribution < -0.4 is 16.2 Å².